The first kappa shape index (κ1) is 29.6. The van der Waals surface area contributed by atoms with Crippen LogP contribution in [0.2, 0.25) is 5.15 Å². The van der Waals surface area contributed by atoms with E-state index in [0.717, 1.165) is 23.0 Å². The molecule has 0 unspecified atom stereocenters. The predicted octanol–water partition coefficient (Wildman–Crippen LogP) is 5.20. The molecule has 0 bridgehead atoms. The minimum atomic E-state index is -0.106. The summed E-state index contributed by atoms with van der Waals surface area (Å²) < 4.78 is 4.93. The number of ether oxygens (including phenoxy) is 1. The van der Waals surface area contributed by atoms with Crippen molar-refractivity contribution in [3.05, 3.63) is 49.6 Å². The molecule has 0 aliphatic heterocycles. The summed E-state index contributed by atoms with van der Waals surface area (Å²) in [6.07, 6.45) is 9.07. The molecule has 152 valence electrons. The van der Waals surface area contributed by atoms with Crippen molar-refractivity contribution in [3.8, 4) is 12.3 Å². The Balaban J connectivity index is -0.000000336. The minimum Gasteiger partial charge on any atom is -0.394 e. The van der Waals surface area contributed by atoms with Gasteiger partial charge in [0, 0.05) is 19.2 Å². The number of fused-ring (bicyclic) bond motifs is 1. The van der Waals surface area contributed by atoms with Crippen LogP contribution in [0.25, 0.3) is 11.0 Å². The van der Waals surface area contributed by atoms with Crippen molar-refractivity contribution in [1.82, 2.24) is 15.0 Å². The molecule has 0 fully saturated rings. The predicted molar refractivity (Wildman–Crippen MR) is 118 cm³/mol. The van der Waals surface area contributed by atoms with E-state index in [-0.39, 0.29) is 18.6 Å². The molecular weight excluding hydrogens is 362 g/mol. The second kappa shape index (κ2) is 20.2. The molecule has 0 aromatic carbocycles. The van der Waals surface area contributed by atoms with Gasteiger partial charge in [0.15, 0.2) is 0 Å². The fourth-order valence-electron chi connectivity index (χ4n) is 1.78. The molecule has 2 rings (SSSR count). The van der Waals surface area contributed by atoms with E-state index in [2.05, 4.69) is 47.2 Å². The number of aliphatic hydroxyl groups excluding tert-OH is 1. The third-order valence-corrected chi connectivity index (χ3v) is 3.35. The Morgan fingerprint density at radius 3 is 2.26 bits per heavy atom. The fourth-order valence-corrected chi connectivity index (χ4v) is 2.06. The van der Waals surface area contributed by atoms with E-state index in [1.807, 2.05) is 33.9 Å². The summed E-state index contributed by atoms with van der Waals surface area (Å²) >= 11 is 5.83. The molecule has 2 aromatic rings. The molecule has 5 nitrogen and oxygen atoms in total. The summed E-state index contributed by atoms with van der Waals surface area (Å²) in [5.41, 5.74) is 1.87. The average Bonchev–Trinajstić information content (AvgIpc) is 3.13. The van der Waals surface area contributed by atoms with Gasteiger partial charge in [-0.15, -0.1) is 38.7 Å². The van der Waals surface area contributed by atoms with E-state index >= 15 is 0 Å². The molecule has 0 aliphatic rings. The molecule has 0 radical (unpaired) electrons. The van der Waals surface area contributed by atoms with E-state index in [1.165, 1.54) is 6.33 Å². The van der Waals surface area contributed by atoms with Crippen molar-refractivity contribution in [1.29, 1.82) is 0 Å². The van der Waals surface area contributed by atoms with Gasteiger partial charge in [0.05, 0.1) is 18.1 Å². The SMILES string of the molecule is C#C[C@H](C)C[C@@H](CO)OC.C=C.C=C.CC.Cc1c[nH]c2ncnc(Cl)c12. The first-order chi connectivity index (χ1) is 13.0. The Morgan fingerprint density at radius 1 is 1.30 bits per heavy atom. The fraction of sp³-hybridized carbons (Fsp3) is 0.429. The van der Waals surface area contributed by atoms with E-state index in [9.17, 15) is 0 Å². The highest BCUT2D eigenvalue weighted by Crippen LogP contribution is 2.21. The van der Waals surface area contributed by atoms with Gasteiger partial charge in [-0.1, -0.05) is 32.4 Å². The molecule has 6 heteroatoms. The lowest BCUT2D eigenvalue weighted by Gasteiger charge is -2.13. The monoisotopic (exact) mass is 395 g/mol. The van der Waals surface area contributed by atoms with Crippen LogP contribution in [0.3, 0.4) is 0 Å². The lowest BCUT2D eigenvalue weighted by atomic mass is 10.1. The largest absolute Gasteiger partial charge is 0.394 e. The van der Waals surface area contributed by atoms with Gasteiger partial charge in [-0.3, -0.25) is 0 Å². The van der Waals surface area contributed by atoms with E-state index < -0.39 is 0 Å². The van der Waals surface area contributed by atoms with Crippen LogP contribution in [-0.2, 0) is 4.74 Å². The Hall–Kier alpha value is -2.13. The van der Waals surface area contributed by atoms with Gasteiger partial charge in [0.2, 0.25) is 0 Å². The number of methoxy groups -OCH3 is 1. The van der Waals surface area contributed by atoms with Crippen molar-refractivity contribution < 1.29 is 9.84 Å². The van der Waals surface area contributed by atoms with Gasteiger partial charge in [-0.2, -0.15) is 0 Å². The quantitative estimate of drug-likeness (QED) is 0.423. The number of aliphatic hydroxyl groups is 1. The number of aromatic nitrogens is 3. The molecule has 27 heavy (non-hydrogen) atoms. The molecule has 2 N–H and O–H groups in total. The highest BCUT2D eigenvalue weighted by molar-refractivity contribution is 6.34. The van der Waals surface area contributed by atoms with E-state index in [1.54, 1.807) is 7.11 Å². The van der Waals surface area contributed by atoms with E-state index in [4.69, 9.17) is 27.9 Å². The lowest BCUT2D eigenvalue weighted by molar-refractivity contribution is 0.0379. The molecule has 2 heterocycles. The Kier molecular flexibility index (Phi) is 22.1. The number of nitrogens with one attached hydrogen (secondary N) is 1. The normalized spacial score (nSPS) is 10.7. The van der Waals surface area contributed by atoms with Gasteiger partial charge in [-0.25, -0.2) is 9.97 Å². The van der Waals surface area contributed by atoms with Crippen LogP contribution in [0, 0.1) is 25.2 Å². The standard InChI is InChI=1S/C8H14O2.C7H6ClN3.C2H6.2C2H4/c1-4-7(2)5-8(6-9)10-3;1-4-2-9-7-5(4)6(8)10-3-11-7;3*1-2/h1,7-9H,5-6H2,2-3H3;2-3H,1H3,(H,9,10,11);1-2H3;2*1-2H2/t7-,8-;;;;/m0..../s1. The summed E-state index contributed by atoms with van der Waals surface area (Å²) in [5.74, 6) is 2.75. The maximum absolute atomic E-state index is 8.68. The van der Waals surface area contributed by atoms with Gasteiger partial charge in [-0.05, 0) is 18.9 Å². The third kappa shape index (κ3) is 12.0. The number of aryl methyl sites for hydroxylation is 1. The Labute approximate surface area is 169 Å². The summed E-state index contributed by atoms with van der Waals surface area (Å²) in [5, 5.41) is 10.1. The molecule has 0 aliphatic carbocycles. The van der Waals surface area contributed by atoms with Crippen molar-refractivity contribution in [3.63, 3.8) is 0 Å². The highest BCUT2D eigenvalue weighted by Gasteiger charge is 2.08. The van der Waals surface area contributed by atoms with Crippen LogP contribution in [0.4, 0.5) is 0 Å². The highest BCUT2D eigenvalue weighted by atomic mass is 35.5. The zero-order valence-corrected chi connectivity index (χ0v) is 18.0. The Morgan fingerprint density at radius 2 is 1.85 bits per heavy atom. The zero-order valence-electron chi connectivity index (χ0n) is 17.3. The number of nitrogens with zero attached hydrogens (tertiary/aromatic N) is 2. The molecule has 2 aromatic heterocycles. The number of terminal acetylenes is 1. The van der Waals surface area contributed by atoms with Crippen LogP contribution in [-0.4, -0.2) is 39.9 Å². The Bertz CT molecular complexity index is 632. The molecule has 0 saturated carbocycles. The number of aromatic amines is 1. The third-order valence-electron chi connectivity index (χ3n) is 3.06. The van der Waals surface area contributed by atoms with Gasteiger partial charge in [0.1, 0.15) is 17.1 Å². The van der Waals surface area contributed by atoms with Crippen LogP contribution < -0.4 is 0 Å². The zero-order chi connectivity index (χ0) is 21.8. The lowest BCUT2D eigenvalue weighted by Crippen LogP contribution is -2.18. The summed E-state index contributed by atoms with van der Waals surface area (Å²) in [6, 6.07) is 0. The molecule has 0 amide bonds. The van der Waals surface area contributed by atoms with Gasteiger partial charge >= 0.3 is 0 Å². The average molecular weight is 396 g/mol. The van der Waals surface area contributed by atoms with Crippen LogP contribution in [0.15, 0.2) is 38.8 Å². The van der Waals surface area contributed by atoms with Crippen molar-refractivity contribution in [2.75, 3.05) is 13.7 Å². The molecule has 0 spiro atoms. The van der Waals surface area contributed by atoms with Gasteiger partial charge in [0.25, 0.3) is 0 Å². The second-order valence-electron chi connectivity index (χ2n) is 4.70. The van der Waals surface area contributed by atoms with Crippen molar-refractivity contribution in [2.45, 2.75) is 40.2 Å². The molecule has 0 saturated heterocycles. The number of H-pyrrole nitrogens is 1. The van der Waals surface area contributed by atoms with E-state index in [0.29, 0.717) is 5.15 Å². The van der Waals surface area contributed by atoms with Crippen LogP contribution >= 0.6 is 11.6 Å². The smallest absolute Gasteiger partial charge is 0.142 e. The molecule has 2 atom stereocenters. The summed E-state index contributed by atoms with van der Waals surface area (Å²) in [6.45, 7) is 19.9. The second-order valence-corrected chi connectivity index (χ2v) is 5.06. The van der Waals surface area contributed by atoms with Crippen molar-refractivity contribution >= 4 is 22.6 Å². The topological polar surface area (TPSA) is 71.0 Å². The number of rotatable bonds is 4. The summed E-state index contributed by atoms with van der Waals surface area (Å²) in [7, 11) is 1.57. The maximum Gasteiger partial charge on any atom is 0.142 e. The van der Waals surface area contributed by atoms with Crippen molar-refractivity contribution in [2.24, 2.45) is 5.92 Å². The minimum absolute atomic E-state index is 0.0442. The number of hydrogen-bond donors (Lipinski definition) is 2. The number of halogens is 1. The van der Waals surface area contributed by atoms with Gasteiger partial charge < -0.3 is 14.8 Å². The summed E-state index contributed by atoms with van der Waals surface area (Å²) in [4.78, 5) is 10.9. The number of hydrogen-bond acceptors (Lipinski definition) is 4. The first-order valence-electron chi connectivity index (χ1n) is 8.57. The first-order valence-corrected chi connectivity index (χ1v) is 8.95. The maximum atomic E-state index is 8.68. The van der Waals surface area contributed by atoms with Crippen LogP contribution in [0.5, 0.6) is 0 Å². The molecular formula is C21H34ClN3O2. The van der Waals surface area contributed by atoms with Crippen LogP contribution in [0.1, 0.15) is 32.8 Å².